The van der Waals surface area contributed by atoms with E-state index < -0.39 is 0 Å². The summed E-state index contributed by atoms with van der Waals surface area (Å²) in [5.41, 5.74) is 8.23. The van der Waals surface area contributed by atoms with Crippen molar-refractivity contribution in [1.82, 2.24) is 5.32 Å². The topological polar surface area (TPSA) is 15.3 Å². The fourth-order valence-corrected chi connectivity index (χ4v) is 5.50. The van der Waals surface area contributed by atoms with E-state index >= 15 is 0 Å². The summed E-state index contributed by atoms with van der Waals surface area (Å²) < 4.78 is 0. The molecule has 3 aromatic rings. The summed E-state index contributed by atoms with van der Waals surface area (Å²) in [5, 5.41) is 3.55. The monoisotopic (exact) mass is 412 g/mol. The fraction of sp³-hybridized carbons (Fsp3) is 0.259. The Balaban J connectivity index is 1.43. The lowest BCUT2D eigenvalue weighted by molar-refractivity contribution is 0.572. The molecule has 1 aliphatic carbocycles. The lowest BCUT2D eigenvalue weighted by Crippen LogP contribution is -2.28. The molecule has 3 heteroatoms. The van der Waals surface area contributed by atoms with Crippen LogP contribution >= 0.6 is 11.8 Å². The maximum Gasteiger partial charge on any atom is 0.0553 e. The van der Waals surface area contributed by atoms with Crippen LogP contribution in [0.15, 0.2) is 76.5 Å². The third-order valence-electron chi connectivity index (χ3n) is 5.87. The summed E-state index contributed by atoms with van der Waals surface area (Å²) in [6.45, 7) is 6.49. The van der Waals surface area contributed by atoms with E-state index in [9.17, 15) is 0 Å². The van der Waals surface area contributed by atoms with Gasteiger partial charge in [0.1, 0.15) is 0 Å². The zero-order chi connectivity index (χ0) is 20.5. The Kier molecular flexibility index (Phi) is 5.41. The highest BCUT2D eigenvalue weighted by Crippen LogP contribution is 2.49. The largest absolute Gasteiger partial charge is 0.340 e. The molecule has 1 aliphatic heterocycles. The summed E-state index contributed by atoms with van der Waals surface area (Å²) in [6, 6.07) is 25.1. The number of rotatable bonds is 6. The minimum Gasteiger partial charge on any atom is -0.340 e. The van der Waals surface area contributed by atoms with E-state index in [0.717, 1.165) is 25.9 Å². The fourth-order valence-electron chi connectivity index (χ4n) is 4.37. The Hall–Kier alpha value is -2.49. The number of para-hydroxylation sites is 1. The highest BCUT2D eigenvalue weighted by atomic mass is 32.2. The number of nitrogens with zero attached hydrogens (tertiary/aromatic N) is 1. The van der Waals surface area contributed by atoms with Crippen LogP contribution in [0.2, 0.25) is 0 Å². The molecule has 0 amide bonds. The highest BCUT2D eigenvalue weighted by Gasteiger charge is 2.24. The van der Waals surface area contributed by atoms with Gasteiger partial charge in [-0.1, -0.05) is 74.1 Å². The number of hydrogen-bond acceptors (Lipinski definition) is 3. The lowest BCUT2D eigenvalue weighted by atomic mass is 10.0. The third kappa shape index (κ3) is 3.80. The molecule has 0 saturated carbocycles. The van der Waals surface area contributed by atoms with E-state index in [4.69, 9.17) is 0 Å². The number of fused-ring (bicyclic) bond motifs is 3. The molecule has 0 unspecified atom stereocenters. The van der Waals surface area contributed by atoms with Gasteiger partial charge in [0.05, 0.1) is 11.4 Å². The average Bonchev–Trinajstić information content (AvgIpc) is 3.20. The number of hydrogen-bond donors (Lipinski definition) is 1. The van der Waals surface area contributed by atoms with Crippen LogP contribution in [0.4, 0.5) is 11.4 Å². The van der Waals surface area contributed by atoms with Crippen LogP contribution in [0.3, 0.4) is 0 Å². The van der Waals surface area contributed by atoms with E-state index in [1.165, 1.54) is 43.4 Å². The third-order valence-corrected chi connectivity index (χ3v) is 6.99. The van der Waals surface area contributed by atoms with Gasteiger partial charge in [-0.2, -0.15) is 0 Å². The van der Waals surface area contributed by atoms with Crippen LogP contribution in [-0.4, -0.2) is 19.1 Å². The van der Waals surface area contributed by atoms with Gasteiger partial charge in [0.2, 0.25) is 0 Å². The van der Waals surface area contributed by atoms with Gasteiger partial charge in [0.25, 0.3) is 0 Å². The maximum absolute atomic E-state index is 3.55. The molecular formula is C27H28N2S. The van der Waals surface area contributed by atoms with E-state index in [0.29, 0.717) is 6.04 Å². The van der Waals surface area contributed by atoms with Crippen molar-refractivity contribution in [2.24, 2.45) is 0 Å². The predicted molar refractivity (Wildman–Crippen MR) is 130 cm³/mol. The second-order valence-electron chi connectivity index (χ2n) is 8.41. The van der Waals surface area contributed by atoms with Crippen LogP contribution in [0, 0.1) is 0 Å². The van der Waals surface area contributed by atoms with E-state index in [-0.39, 0.29) is 0 Å². The molecule has 30 heavy (non-hydrogen) atoms. The molecule has 0 fully saturated rings. The van der Waals surface area contributed by atoms with Crippen LogP contribution in [0.5, 0.6) is 0 Å². The van der Waals surface area contributed by atoms with E-state index in [2.05, 4.69) is 96.9 Å². The first-order valence-corrected chi connectivity index (χ1v) is 11.7. The van der Waals surface area contributed by atoms with Crippen molar-refractivity contribution in [3.05, 3.63) is 83.4 Å². The first-order valence-electron chi connectivity index (χ1n) is 10.9. The molecule has 3 aromatic carbocycles. The molecule has 0 radical (unpaired) electrons. The molecule has 0 saturated heterocycles. The van der Waals surface area contributed by atoms with Crippen molar-refractivity contribution in [1.29, 1.82) is 0 Å². The summed E-state index contributed by atoms with van der Waals surface area (Å²) in [5.74, 6) is 0. The minimum absolute atomic E-state index is 0.535. The summed E-state index contributed by atoms with van der Waals surface area (Å²) in [7, 11) is 0. The van der Waals surface area contributed by atoms with Gasteiger partial charge < -0.3 is 10.2 Å². The molecule has 0 aromatic heterocycles. The molecule has 0 bridgehead atoms. The van der Waals surface area contributed by atoms with Crippen molar-refractivity contribution >= 4 is 34.8 Å². The van der Waals surface area contributed by atoms with Crippen LogP contribution in [0.1, 0.15) is 37.0 Å². The maximum atomic E-state index is 3.55. The predicted octanol–water partition coefficient (Wildman–Crippen LogP) is 6.77. The molecule has 0 atom stereocenters. The zero-order valence-electron chi connectivity index (χ0n) is 17.7. The Morgan fingerprint density at radius 1 is 0.933 bits per heavy atom. The molecular weight excluding hydrogens is 384 g/mol. The van der Waals surface area contributed by atoms with Crippen molar-refractivity contribution in [2.45, 2.75) is 42.5 Å². The number of anilines is 2. The van der Waals surface area contributed by atoms with Crippen molar-refractivity contribution in [3.8, 4) is 0 Å². The van der Waals surface area contributed by atoms with E-state index in [1.54, 1.807) is 0 Å². The number of benzene rings is 3. The quantitative estimate of drug-likeness (QED) is 0.450. The standard InChI is InChI=1S/C27H28N2S/c1-19(2)28-14-7-15-29-24-10-5-6-11-26(24)30-27-18-22(12-13-25(27)29)23-16-20-8-3-4-9-21(20)17-23/h3-6,8-13,16,18-19,28H,7,14-15,17H2,1-2H3. The van der Waals surface area contributed by atoms with Crippen molar-refractivity contribution in [3.63, 3.8) is 0 Å². The first-order chi connectivity index (χ1) is 14.7. The Morgan fingerprint density at radius 3 is 2.60 bits per heavy atom. The van der Waals surface area contributed by atoms with Crippen molar-refractivity contribution in [2.75, 3.05) is 18.0 Å². The highest BCUT2D eigenvalue weighted by molar-refractivity contribution is 7.99. The van der Waals surface area contributed by atoms with Crippen LogP contribution in [-0.2, 0) is 6.42 Å². The molecule has 0 spiro atoms. The Morgan fingerprint density at radius 2 is 1.73 bits per heavy atom. The molecule has 1 N–H and O–H groups in total. The SMILES string of the molecule is CC(C)NCCCN1c2ccccc2Sc2cc(C3=Cc4ccccc4C3)ccc21. The van der Waals surface area contributed by atoms with Gasteiger partial charge in [-0.05, 0) is 65.9 Å². The minimum atomic E-state index is 0.535. The molecule has 5 rings (SSSR count). The number of allylic oxidation sites excluding steroid dienone is 1. The molecule has 1 heterocycles. The second-order valence-corrected chi connectivity index (χ2v) is 9.50. The van der Waals surface area contributed by atoms with Gasteiger partial charge in [-0.3, -0.25) is 0 Å². The van der Waals surface area contributed by atoms with E-state index in [1.807, 2.05) is 11.8 Å². The molecule has 2 nitrogen and oxygen atoms in total. The lowest BCUT2D eigenvalue weighted by Gasteiger charge is -2.33. The second kappa shape index (κ2) is 8.33. The average molecular weight is 413 g/mol. The smallest absolute Gasteiger partial charge is 0.0553 e. The zero-order valence-corrected chi connectivity index (χ0v) is 18.5. The van der Waals surface area contributed by atoms with Crippen LogP contribution < -0.4 is 10.2 Å². The Bertz CT molecular complexity index is 1100. The number of nitrogens with one attached hydrogen (secondary N) is 1. The Labute approximate surface area is 184 Å². The van der Waals surface area contributed by atoms with Gasteiger partial charge in [-0.25, -0.2) is 0 Å². The first kappa shape index (κ1) is 19.5. The summed E-state index contributed by atoms with van der Waals surface area (Å²) in [6.07, 6.45) is 4.51. The van der Waals surface area contributed by atoms with Gasteiger partial charge in [0.15, 0.2) is 0 Å². The normalized spacial score (nSPS) is 14.4. The summed E-state index contributed by atoms with van der Waals surface area (Å²) >= 11 is 1.90. The van der Waals surface area contributed by atoms with Gasteiger partial charge in [-0.15, -0.1) is 0 Å². The van der Waals surface area contributed by atoms with Gasteiger partial charge in [0, 0.05) is 22.4 Å². The molecule has 2 aliphatic rings. The summed E-state index contributed by atoms with van der Waals surface area (Å²) in [4.78, 5) is 5.22. The molecule has 152 valence electrons. The van der Waals surface area contributed by atoms with Crippen molar-refractivity contribution < 1.29 is 0 Å². The van der Waals surface area contributed by atoms with Crippen LogP contribution in [0.25, 0.3) is 11.6 Å². The van der Waals surface area contributed by atoms with Gasteiger partial charge >= 0.3 is 0 Å².